The number of thiophene rings is 1. The largest absolute Gasteiger partial charge is 0.454 e. The SMILES string of the molecule is COCCCN(CC(=O)N(Cc1ccc2c(c1)OCO2)Cc1cccs1)S(=O)(=O)c1cccc2cccnc12. The van der Waals surface area contributed by atoms with E-state index < -0.39 is 10.0 Å². The lowest BCUT2D eigenvalue weighted by Gasteiger charge is -2.27. The highest BCUT2D eigenvalue weighted by Crippen LogP contribution is 2.33. The van der Waals surface area contributed by atoms with Crippen molar-refractivity contribution in [2.75, 3.05) is 33.6 Å². The van der Waals surface area contributed by atoms with Crippen molar-refractivity contribution in [2.24, 2.45) is 0 Å². The molecule has 5 rings (SSSR count). The molecule has 1 amide bonds. The average molecular weight is 568 g/mol. The maximum Gasteiger partial charge on any atom is 0.245 e. The molecule has 0 spiro atoms. The lowest BCUT2D eigenvalue weighted by atomic mass is 10.2. The highest BCUT2D eigenvalue weighted by Gasteiger charge is 2.30. The smallest absolute Gasteiger partial charge is 0.245 e. The number of nitrogens with zero attached hydrogens (tertiary/aromatic N) is 3. The Morgan fingerprint density at radius 1 is 1.05 bits per heavy atom. The number of rotatable bonds is 12. The molecular formula is C28H29N3O6S2. The zero-order valence-electron chi connectivity index (χ0n) is 21.5. The zero-order valence-corrected chi connectivity index (χ0v) is 23.1. The van der Waals surface area contributed by atoms with Gasteiger partial charge in [0.15, 0.2) is 11.5 Å². The van der Waals surface area contributed by atoms with Gasteiger partial charge in [0.2, 0.25) is 22.7 Å². The van der Waals surface area contributed by atoms with Crippen LogP contribution >= 0.6 is 11.3 Å². The number of benzene rings is 2. The van der Waals surface area contributed by atoms with Crippen LogP contribution in [0.15, 0.2) is 77.1 Å². The van der Waals surface area contributed by atoms with E-state index in [1.54, 1.807) is 41.7 Å². The normalized spacial score (nSPS) is 12.8. The fourth-order valence-corrected chi connectivity index (χ4v) is 6.74. The first-order chi connectivity index (χ1) is 19.0. The fraction of sp³-hybridized carbons (Fsp3) is 0.286. The van der Waals surface area contributed by atoms with Crippen molar-refractivity contribution in [3.63, 3.8) is 0 Å². The number of fused-ring (bicyclic) bond motifs is 2. The monoisotopic (exact) mass is 567 g/mol. The Bertz CT molecular complexity index is 1540. The summed E-state index contributed by atoms with van der Waals surface area (Å²) in [7, 11) is -2.48. The molecule has 0 saturated heterocycles. The van der Waals surface area contributed by atoms with E-state index in [9.17, 15) is 13.2 Å². The summed E-state index contributed by atoms with van der Waals surface area (Å²) in [6, 6.07) is 18.1. The predicted molar refractivity (Wildman–Crippen MR) is 148 cm³/mol. The molecule has 0 bridgehead atoms. The van der Waals surface area contributed by atoms with Gasteiger partial charge in [-0.3, -0.25) is 9.78 Å². The van der Waals surface area contributed by atoms with Crippen LogP contribution in [0.2, 0.25) is 0 Å². The highest BCUT2D eigenvalue weighted by molar-refractivity contribution is 7.89. The molecule has 1 aliphatic rings. The van der Waals surface area contributed by atoms with Crippen LogP contribution in [0.5, 0.6) is 11.5 Å². The van der Waals surface area contributed by atoms with E-state index in [1.807, 2.05) is 47.8 Å². The van der Waals surface area contributed by atoms with Crippen molar-refractivity contribution in [2.45, 2.75) is 24.4 Å². The first kappa shape index (κ1) is 27.1. The van der Waals surface area contributed by atoms with Crippen molar-refractivity contribution < 1.29 is 27.4 Å². The van der Waals surface area contributed by atoms with E-state index in [0.717, 1.165) is 10.4 Å². The van der Waals surface area contributed by atoms with E-state index >= 15 is 0 Å². The van der Waals surface area contributed by atoms with E-state index in [2.05, 4.69) is 4.98 Å². The average Bonchev–Trinajstić information content (AvgIpc) is 3.63. The number of pyridine rings is 1. The second-order valence-electron chi connectivity index (χ2n) is 9.03. The number of hydrogen-bond acceptors (Lipinski definition) is 8. The molecule has 9 nitrogen and oxygen atoms in total. The number of sulfonamides is 1. The van der Waals surface area contributed by atoms with Crippen LogP contribution in [0.4, 0.5) is 0 Å². The number of methoxy groups -OCH3 is 1. The molecule has 1 aliphatic heterocycles. The topological polar surface area (TPSA) is 98.3 Å². The molecule has 0 unspecified atom stereocenters. The number of carbonyl (C=O) groups is 1. The highest BCUT2D eigenvalue weighted by atomic mass is 32.2. The molecule has 0 fully saturated rings. The Balaban J connectivity index is 1.44. The van der Waals surface area contributed by atoms with Gasteiger partial charge in [-0.25, -0.2) is 8.42 Å². The first-order valence-corrected chi connectivity index (χ1v) is 14.8. The molecular weight excluding hydrogens is 538 g/mol. The minimum absolute atomic E-state index is 0.0754. The number of carbonyl (C=O) groups excluding carboxylic acids is 1. The van der Waals surface area contributed by atoms with Crippen LogP contribution in [-0.2, 0) is 32.6 Å². The third-order valence-corrected chi connectivity index (χ3v) is 9.11. The number of para-hydroxylation sites is 1. The maximum atomic E-state index is 13.9. The third kappa shape index (κ3) is 6.22. The predicted octanol–water partition coefficient (Wildman–Crippen LogP) is 4.28. The molecule has 0 aliphatic carbocycles. The van der Waals surface area contributed by atoms with Crippen LogP contribution in [-0.4, -0.2) is 62.1 Å². The minimum Gasteiger partial charge on any atom is -0.454 e. The second-order valence-corrected chi connectivity index (χ2v) is 12.0. The van der Waals surface area contributed by atoms with Gasteiger partial charge in [-0.1, -0.05) is 30.3 Å². The van der Waals surface area contributed by atoms with Gasteiger partial charge < -0.3 is 19.1 Å². The summed E-state index contributed by atoms with van der Waals surface area (Å²) >= 11 is 1.54. The molecule has 39 heavy (non-hydrogen) atoms. The molecule has 204 valence electrons. The lowest BCUT2D eigenvalue weighted by molar-refractivity contribution is -0.132. The van der Waals surface area contributed by atoms with E-state index in [-0.39, 0.29) is 37.2 Å². The molecule has 2 aromatic carbocycles. The maximum absolute atomic E-state index is 13.9. The molecule has 4 aromatic rings. The number of amides is 1. The lowest BCUT2D eigenvalue weighted by Crippen LogP contribution is -2.43. The van der Waals surface area contributed by atoms with Crippen LogP contribution in [0.3, 0.4) is 0 Å². The summed E-state index contributed by atoms with van der Waals surface area (Å²) in [5.41, 5.74) is 1.23. The van der Waals surface area contributed by atoms with Crippen molar-refractivity contribution >= 4 is 38.2 Å². The Kier molecular flexibility index (Phi) is 8.41. The number of ether oxygens (including phenoxy) is 3. The number of hydrogen-bond donors (Lipinski definition) is 0. The molecule has 0 saturated carbocycles. The van der Waals surface area contributed by atoms with Gasteiger partial charge in [0.05, 0.1) is 18.6 Å². The van der Waals surface area contributed by atoms with Gasteiger partial charge in [-0.15, -0.1) is 11.3 Å². The molecule has 3 heterocycles. The summed E-state index contributed by atoms with van der Waals surface area (Å²) in [5, 5.41) is 2.66. The van der Waals surface area contributed by atoms with Crippen LogP contribution in [0.1, 0.15) is 16.9 Å². The quantitative estimate of drug-likeness (QED) is 0.236. The van der Waals surface area contributed by atoms with Crippen molar-refractivity contribution in [1.29, 1.82) is 0 Å². The standard InChI is InChI=1S/C28H29N3O6S2/c1-35-14-5-13-31(39(33,34)26-9-2-6-22-7-3-12-29-28(22)26)19-27(32)30(18-23-8-4-15-38-23)17-21-10-11-24-25(16-21)37-20-36-24/h2-4,6-12,15-16H,5,13-14,17-20H2,1H3. The van der Waals surface area contributed by atoms with Crippen LogP contribution in [0.25, 0.3) is 10.9 Å². The van der Waals surface area contributed by atoms with Gasteiger partial charge >= 0.3 is 0 Å². The van der Waals surface area contributed by atoms with E-state index in [1.165, 1.54) is 10.4 Å². The summed E-state index contributed by atoms with van der Waals surface area (Å²) in [5.74, 6) is 0.979. The fourth-order valence-electron chi connectivity index (χ4n) is 4.43. The van der Waals surface area contributed by atoms with Crippen molar-refractivity contribution in [3.8, 4) is 11.5 Å². The van der Waals surface area contributed by atoms with Gasteiger partial charge in [0, 0.05) is 43.3 Å². The zero-order chi connectivity index (χ0) is 27.2. The Morgan fingerprint density at radius 2 is 1.90 bits per heavy atom. The molecule has 0 atom stereocenters. The van der Waals surface area contributed by atoms with Crippen molar-refractivity contribution in [3.05, 3.63) is 82.7 Å². The third-order valence-electron chi connectivity index (χ3n) is 6.37. The minimum atomic E-state index is -4.05. The van der Waals surface area contributed by atoms with E-state index in [4.69, 9.17) is 14.2 Å². The molecule has 0 radical (unpaired) electrons. The van der Waals surface area contributed by atoms with Gasteiger partial charge in [-0.2, -0.15) is 4.31 Å². The van der Waals surface area contributed by atoms with Gasteiger partial charge in [0.25, 0.3) is 0 Å². The van der Waals surface area contributed by atoms with Gasteiger partial charge in [0.1, 0.15) is 4.90 Å². The summed E-state index contributed by atoms with van der Waals surface area (Å²) in [4.78, 5) is 20.9. The molecule has 0 N–H and O–H groups in total. The molecule has 2 aromatic heterocycles. The van der Waals surface area contributed by atoms with Crippen LogP contribution in [0, 0.1) is 0 Å². The summed E-state index contributed by atoms with van der Waals surface area (Å²) in [6.07, 6.45) is 2.00. The van der Waals surface area contributed by atoms with Gasteiger partial charge in [-0.05, 0) is 47.7 Å². The van der Waals surface area contributed by atoms with Crippen molar-refractivity contribution in [1.82, 2.24) is 14.2 Å². The first-order valence-electron chi connectivity index (χ1n) is 12.5. The summed E-state index contributed by atoms with van der Waals surface area (Å²) in [6.45, 7) is 0.979. The Morgan fingerprint density at radius 3 is 2.72 bits per heavy atom. The number of aromatic nitrogens is 1. The summed E-state index contributed by atoms with van der Waals surface area (Å²) < 4.78 is 45.2. The van der Waals surface area contributed by atoms with E-state index in [0.29, 0.717) is 42.0 Å². The van der Waals surface area contributed by atoms with Crippen LogP contribution < -0.4 is 9.47 Å². The Labute approximate surface area is 231 Å². The molecule has 11 heteroatoms. The Hall–Kier alpha value is -3.51. The second kappa shape index (κ2) is 12.1.